The first-order chi connectivity index (χ1) is 14.5. The van der Waals surface area contributed by atoms with Crippen molar-refractivity contribution in [2.75, 3.05) is 27.1 Å². The van der Waals surface area contributed by atoms with Crippen LogP contribution in [0.25, 0.3) is 0 Å². The molecule has 1 fully saturated rings. The predicted molar refractivity (Wildman–Crippen MR) is 106 cm³/mol. The van der Waals surface area contributed by atoms with Gasteiger partial charge in [0.05, 0.1) is 25.0 Å². The number of likely N-dealkylation sites (tertiary alicyclic amines) is 1. The highest BCUT2D eigenvalue weighted by molar-refractivity contribution is 5.94. The van der Waals surface area contributed by atoms with Crippen LogP contribution in [-0.4, -0.2) is 54.0 Å². The fourth-order valence-corrected chi connectivity index (χ4v) is 4.26. The fraction of sp³-hybridized carbons (Fsp3) is 0.364. The molecule has 1 saturated heterocycles. The van der Waals surface area contributed by atoms with Gasteiger partial charge < -0.3 is 29.3 Å². The van der Waals surface area contributed by atoms with E-state index in [1.807, 2.05) is 0 Å². The summed E-state index contributed by atoms with van der Waals surface area (Å²) in [6, 6.07) is 11.5. The van der Waals surface area contributed by atoms with Crippen molar-refractivity contribution < 1.29 is 34.0 Å². The van der Waals surface area contributed by atoms with E-state index in [2.05, 4.69) is 0 Å². The monoisotopic (exact) mass is 413 g/mol. The Kier molecular flexibility index (Phi) is 5.50. The summed E-state index contributed by atoms with van der Waals surface area (Å²) in [5, 5.41) is 19.4. The lowest BCUT2D eigenvalue weighted by atomic mass is 9.82. The third-order valence-electron chi connectivity index (χ3n) is 5.64. The predicted octanol–water partition coefficient (Wildman–Crippen LogP) is 2.17. The molecule has 2 heterocycles. The van der Waals surface area contributed by atoms with Gasteiger partial charge in [0.1, 0.15) is 5.75 Å². The molecule has 0 saturated carbocycles. The lowest BCUT2D eigenvalue weighted by Crippen LogP contribution is -2.32. The van der Waals surface area contributed by atoms with Gasteiger partial charge in [-0.15, -0.1) is 0 Å². The second kappa shape index (κ2) is 8.23. The van der Waals surface area contributed by atoms with Crippen LogP contribution < -0.4 is 14.2 Å². The molecule has 2 aromatic rings. The Hall–Kier alpha value is -3.26. The van der Waals surface area contributed by atoms with Gasteiger partial charge in [-0.1, -0.05) is 18.2 Å². The fourth-order valence-electron chi connectivity index (χ4n) is 4.26. The smallest absolute Gasteiger partial charge is 0.310 e. The van der Waals surface area contributed by atoms with Crippen LogP contribution in [0.5, 0.6) is 17.2 Å². The summed E-state index contributed by atoms with van der Waals surface area (Å²) in [6.07, 6.45) is 0.360. The Balaban J connectivity index is 1.77. The number of carbonyl (C=O) groups excluding carboxylic acids is 1. The standard InChI is InChI=1S/C22H23NO7/c1-28-15-6-3-13(4-7-15)20-19(22(26)27)18(21(25)23(20)9-2-10-24)14-5-8-16-17(11-14)30-12-29-16/h3-8,11,18-20,24H,2,9-10,12H2,1H3,(H,26,27)/t18?,19-,20?/m1/s1. The Bertz CT molecular complexity index is 943. The molecule has 3 atom stereocenters. The summed E-state index contributed by atoms with van der Waals surface area (Å²) in [5.74, 6) is -1.50. The minimum atomic E-state index is -1.06. The second-order valence-electron chi connectivity index (χ2n) is 7.28. The number of hydrogen-bond acceptors (Lipinski definition) is 6. The minimum Gasteiger partial charge on any atom is -0.497 e. The highest BCUT2D eigenvalue weighted by atomic mass is 16.7. The molecule has 2 aliphatic rings. The quantitative estimate of drug-likeness (QED) is 0.717. The van der Waals surface area contributed by atoms with Crippen molar-refractivity contribution in [3.63, 3.8) is 0 Å². The van der Waals surface area contributed by atoms with Crippen molar-refractivity contribution in [3.8, 4) is 17.2 Å². The number of fused-ring (bicyclic) bond motifs is 1. The first-order valence-corrected chi connectivity index (χ1v) is 9.72. The third-order valence-corrected chi connectivity index (χ3v) is 5.64. The van der Waals surface area contributed by atoms with E-state index >= 15 is 0 Å². The number of aliphatic carboxylic acids is 1. The molecule has 0 radical (unpaired) electrons. The molecular weight excluding hydrogens is 390 g/mol. The van der Waals surface area contributed by atoms with Crippen LogP contribution in [-0.2, 0) is 9.59 Å². The van der Waals surface area contributed by atoms with Crippen LogP contribution in [0.2, 0.25) is 0 Å². The molecule has 2 unspecified atom stereocenters. The number of amides is 1. The Labute approximate surface area is 173 Å². The number of hydrogen-bond donors (Lipinski definition) is 2. The largest absolute Gasteiger partial charge is 0.497 e. The number of carboxylic acid groups (broad SMARTS) is 1. The van der Waals surface area contributed by atoms with E-state index in [1.165, 1.54) is 0 Å². The van der Waals surface area contributed by atoms with Gasteiger partial charge in [-0.05, 0) is 41.8 Å². The van der Waals surface area contributed by atoms with Crippen molar-refractivity contribution in [1.82, 2.24) is 4.90 Å². The van der Waals surface area contributed by atoms with E-state index in [-0.39, 0.29) is 25.9 Å². The zero-order valence-electron chi connectivity index (χ0n) is 16.5. The molecule has 8 nitrogen and oxygen atoms in total. The molecular formula is C22H23NO7. The van der Waals surface area contributed by atoms with Crippen molar-refractivity contribution in [1.29, 1.82) is 0 Å². The number of rotatable bonds is 7. The van der Waals surface area contributed by atoms with E-state index in [0.717, 1.165) is 0 Å². The summed E-state index contributed by atoms with van der Waals surface area (Å²) >= 11 is 0. The Morgan fingerprint density at radius 1 is 1.13 bits per heavy atom. The SMILES string of the molecule is COc1ccc(C2[C@H](C(=O)O)C(c3ccc4c(c3)OCO4)C(=O)N2CCCO)cc1. The van der Waals surface area contributed by atoms with Gasteiger partial charge in [-0.25, -0.2) is 0 Å². The number of carboxylic acids is 1. The molecule has 2 N–H and O–H groups in total. The van der Waals surface area contributed by atoms with Crippen molar-refractivity contribution >= 4 is 11.9 Å². The van der Waals surface area contributed by atoms with Gasteiger partial charge in [0, 0.05) is 13.2 Å². The average Bonchev–Trinajstić information content (AvgIpc) is 3.34. The average molecular weight is 413 g/mol. The highest BCUT2D eigenvalue weighted by Crippen LogP contribution is 2.48. The number of ether oxygens (including phenoxy) is 3. The van der Waals surface area contributed by atoms with Crippen molar-refractivity contribution in [2.45, 2.75) is 18.4 Å². The van der Waals surface area contributed by atoms with Crippen LogP contribution in [0.1, 0.15) is 29.5 Å². The normalized spacial score (nSPS) is 22.4. The Morgan fingerprint density at radius 3 is 2.50 bits per heavy atom. The molecule has 1 amide bonds. The van der Waals surface area contributed by atoms with E-state index < -0.39 is 23.8 Å². The van der Waals surface area contributed by atoms with Gasteiger partial charge in [0.25, 0.3) is 0 Å². The summed E-state index contributed by atoms with van der Waals surface area (Å²) in [5.41, 5.74) is 1.28. The number of carbonyl (C=O) groups is 2. The molecule has 0 aliphatic carbocycles. The molecule has 0 spiro atoms. The summed E-state index contributed by atoms with van der Waals surface area (Å²) in [7, 11) is 1.55. The topological polar surface area (TPSA) is 106 Å². The van der Waals surface area contributed by atoms with E-state index in [4.69, 9.17) is 14.2 Å². The van der Waals surface area contributed by atoms with Crippen molar-refractivity contribution in [3.05, 3.63) is 53.6 Å². The van der Waals surface area contributed by atoms with Gasteiger partial charge in [-0.2, -0.15) is 0 Å². The highest BCUT2D eigenvalue weighted by Gasteiger charge is 2.52. The zero-order valence-corrected chi connectivity index (χ0v) is 16.5. The summed E-state index contributed by atoms with van der Waals surface area (Å²) in [4.78, 5) is 27.4. The van der Waals surface area contributed by atoms with Gasteiger partial charge in [0.15, 0.2) is 11.5 Å². The molecule has 30 heavy (non-hydrogen) atoms. The van der Waals surface area contributed by atoms with Gasteiger partial charge in [0.2, 0.25) is 12.7 Å². The van der Waals surface area contributed by atoms with Crippen LogP contribution in [0, 0.1) is 5.92 Å². The molecule has 4 rings (SSSR count). The number of methoxy groups -OCH3 is 1. The molecule has 2 aromatic carbocycles. The summed E-state index contributed by atoms with van der Waals surface area (Å²) in [6.45, 7) is 0.263. The number of aliphatic hydroxyl groups excluding tert-OH is 1. The first-order valence-electron chi connectivity index (χ1n) is 9.72. The van der Waals surface area contributed by atoms with E-state index in [9.17, 15) is 19.8 Å². The molecule has 158 valence electrons. The number of aliphatic hydroxyl groups is 1. The van der Waals surface area contributed by atoms with Crippen LogP contribution in [0.3, 0.4) is 0 Å². The lowest BCUT2D eigenvalue weighted by molar-refractivity contribution is -0.143. The zero-order chi connectivity index (χ0) is 21.3. The molecule has 0 bridgehead atoms. The maximum atomic E-state index is 13.4. The van der Waals surface area contributed by atoms with Gasteiger partial charge in [-0.3, -0.25) is 9.59 Å². The van der Waals surface area contributed by atoms with Crippen LogP contribution >= 0.6 is 0 Å². The number of nitrogens with zero attached hydrogens (tertiary/aromatic N) is 1. The molecule has 0 aromatic heterocycles. The van der Waals surface area contributed by atoms with Gasteiger partial charge >= 0.3 is 5.97 Å². The third kappa shape index (κ3) is 3.43. The maximum absolute atomic E-state index is 13.4. The maximum Gasteiger partial charge on any atom is 0.310 e. The van der Waals surface area contributed by atoms with Crippen LogP contribution in [0.4, 0.5) is 0 Å². The molecule has 2 aliphatic heterocycles. The first kappa shape index (κ1) is 20.0. The Morgan fingerprint density at radius 2 is 1.83 bits per heavy atom. The van der Waals surface area contributed by atoms with Crippen molar-refractivity contribution in [2.24, 2.45) is 5.92 Å². The number of benzene rings is 2. The minimum absolute atomic E-state index is 0.0917. The van der Waals surface area contributed by atoms with Crippen LogP contribution in [0.15, 0.2) is 42.5 Å². The van der Waals surface area contributed by atoms with E-state index in [0.29, 0.717) is 34.8 Å². The second-order valence-corrected chi connectivity index (χ2v) is 7.28. The molecule has 8 heteroatoms. The van der Waals surface area contributed by atoms with E-state index in [1.54, 1.807) is 54.5 Å². The lowest BCUT2D eigenvalue weighted by Gasteiger charge is -2.27. The summed E-state index contributed by atoms with van der Waals surface area (Å²) < 4.78 is 15.9.